The number of ketones is 1. The van der Waals surface area contributed by atoms with Gasteiger partial charge in [0.25, 0.3) is 5.56 Å². The Morgan fingerprint density at radius 3 is 2.50 bits per heavy atom. The molecule has 0 fully saturated rings. The van der Waals surface area contributed by atoms with E-state index in [2.05, 4.69) is 5.32 Å². The number of Topliss-reactive ketones (excluding diaryl/α,β-unsaturated/α-hetero) is 1. The first-order valence-corrected chi connectivity index (χ1v) is 10.2. The standard InChI is InChI=1S/C24H25N3O3/c1-16-23(24(30)27(26(16)2)20-9-4-3-5-10-20)25-22(29)14-13-21(28)19-12-11-17-7-6-8-18(17)15-19/h3-5,9-12,15H,6-8,13-14H2,1-2H3,(H,25,29). The second kappa shape index (κ2) is 8.14. The number of nitrogens with zero attached hydrogens (tertiary/aromatic N) is 2. The van der Waals surface area contributed by atoms with Crippen molar-refractivity contribution in [1.82, 2.24) is 9.36 Å². The fraction of sp³-hybridized carbons (Fsp3) is 0.292. The monoisotopic (exact) mass is 403 g/mol. The normalized spacial score (nSPS) is 12.6. The second-order valence-electron chi connectivity index (χ2n) is 7.74. The van der Waals surface area contributed by atoms with Crippen LogP contribution in [0.2, 0.25) is 0 Å². The lowest BCUT2D eigenvalue weighted by Crippen LogP contribution is -2.23. The highest BCUT2D eigenvalue weighted by molar-refractivity contribution is 6.00. The Morgan fingerprint density at radius 1 is 1.00 bits per heavy atom. The topological polar surface area (TPSA) is 73.1 Å². The maximum absolute atomic E-state index is 12.9. The number of carbonyl (C=O) groups excluding carboxylic acids is 2. The Hall–Kier alpha value is -3.41. The molecule has 1 aromatic heterocycles. The van der Waals surface area contributed by atoms with Gasteiger partial charge in [-0.3, -0.25) is 19.1 Å². The zero-order valence-electron chi connectivity index (χ0n) is 17.3. The number of hydrogen-bond acceptors (Lipinski definition) is 3. The molecule has 2 aromatic carbocycles. The number of rotatable bonds is 6. The van der Waals surface area contributed by atoms with E-state index in [1.165, 1.54) is 15.8 Å². The largest absolute Gasteiger partial charge is 0.320 e. The lowest BCUT2D eigenvalue weighted by molar-refractivity contribution is -0.116. The fourth-order valence-electron chi connectivity index (χ4n) is 4.03. The van der Waals surface area contributed by atoms with Crippen LogP contribution in [0.25, 0.3) is 5.69 Å². The highest BCUT2D eigenvalue weighted by Crippen LogP contribution is 2.23. The van der Waals surface area contributed by atoms with E-state index in [-0.39, 0.29) is 35.8 Å². The van der Waals surface area contributed by atoms with Crippen molar-refractivity contribution in [3.63, 3.8) is 0 Å². The maximum Gasteiger partial charge on any atom is 0.295 e. The van der Waals surface area contributed by atoms with Crippen molar-refractivity contribution < 1.29 is 9.59 Å². The molecule has 1 N–H and O–H groups in total. The molecular weight excluding hydrogens is 378 g/mol. The first-order valence-electron chi connectivity index (χ1n) is 10.2. The molecule has 0 bridgehead atoms. The van der Waals surface area contributed by atoms with Crippen molar-refractivity contribution in [2.75, 3.05) is 5.32 Å². The van der Waals surface area contributed by atoms with Crippen LogP contribution >= 0.6 is 0 Å². The SMILES string of the molecule is Cc1c(NC(=O)CCC(=O)c2ccc3c(c2)CCC3)c(=O)n(-c2ccccc2)n1C. The van der Waals surface area contributed by atoms with Gasteiger partial charge >= 0.3 is 0 Å². The molecule has 0 saturated heterocycles. The summed E-state index contributed by atoms with van der Waals surface area (Å²) < 4.78 is 3.23. The molecule has 1 aliphatic rings. The summed E-state index contributed by atoms with van der Waals surface area (Å²) in [7, 11) is 1.77. The summed E-state index contributed by atoms with van der Waals surface area (Å²) in [5.74, 6) is -0.387. The van der Waals surface area contributed by atoms with E-state index < -0.39 is 0 Å². The quantitative estimate of drug-likeness (QED) is 0.640. The molecule has 3 aromatic rings. The highest BCUT2D eigenvalue weighted by Gasteiger charge is 2.19. The van der Waals surface area contributed by atoms with Gasteiger partial charge < -0.3 is 5.32 Å². The molecule has 1 heterocycles. The molecule has 0 aliphatic heterocycles. The van der Waals surface area contributed by atoms with E-state index in [0.717, 1.165) is 24.9 Å². The Labute approximate surface area is 175 Å². The van der Waals surface area contributed by atoms with E-state index in [0.29, 0.717) is 11.3 Å². The number of anilines is 1. The van der Waals surface area contributed by atoms with Crippen LogP contribution in [0.3, 0.4) is 0 Å². The highest BCUT2D eigenvalue weighted by atomic mass is 16.2. The summed E-state index contributed by atoms with van der Waals surface area (Å²) in [5, 5.41) is 2.71. The molecule has 0 saturated carbocycles. The Balaban J connectivity index is 1.44. The van der Waals surface area contributed by atoms with Crippen molar-refractivity contribution in [2.45, 2.75) is 39.0 Å². The number of amides is 1. The zero-order valence-corrected chi connectivity index (χ0v) is 17.3. The molecule has 154 valence electrons. The number of nitrogens with one attached hydrogen (secondary N) is 1. The van der Waals surface area contributed by atoms with Gasteiger partial charge in [-0.2, -0.15) is 0 Å². The summed E-state index contributed by atoms with van der Waals surface area (Å²) in [6, 6.07) is 15.1. The summed E-state index contributed by atoms with van der Waals surface area (Å²) in [6.45, 7) is 1.78. The molecule has 4 rings (SSSR count). The summed E-state index contributed by atoms with van der Waals surface area (Å²) >= 11 is 0. The average molecular weight is 403 g/mol. The zero-order chi connectivity index (χ0) is 21.3. The van der Waals surface area contributed by atoms with Gasteiger partial charge in [0.2, 0.25) is 5.91 Å². The van der Waals surface area contributed by atoms with Gasteiger partial charge in [0.05, 0.1) is 11.4 Å². The number of hydrogen-bond donors (Lipinski definition) is 1. The van der Waals surface area contributed by atoms with Crippen LogP contribution in [-0.2, 0) is 24.7 Å². The third-order valence-corrected chi connectivity index (χ3v) is 5.82. The minimum Gasteiger partial charge on any atom is -0.320 e. The third-order valence-electron chi connectivity index (χ3n) is 5.82. The smallest absolute Gasteiger partial charge is 0.295 e. The molecule has 0 radical (unpaired) electrons. The van der Waals surface area contributed by atoms with Gasteiger partial charge in [0, 0.05) is 25.5 Å². The maximum atomic E-state index is 12.9. The molecule has 1 aliphatic carbocycles. The van der Waals surface area contributed by atoms with Crippen molar-refractivity contribution in [2.24, 2.45) is 7.05 Å². The second-order valence-corrected chi connectivity index (χ2v) is 7.74. The lowest BCUT2D eigenvalue weighted by Gasteiger charge is -2.07. The van der Waals surface area contributed by atoms with Crippen LogP contribution in [0.4, 0.5) is 5.69 Å². The van der Waals surface area contributed by atoms with E-state index >= 15 is 0 Å². The van der Waals surface area contributed by atoms with E-state index in [4.69, 9.17) is 0 Å². The van der Waals surface area contributed by atoms with Gasteiger partial charge in [0.15, 0.2) is 5.78 Å². The molecule has 0 spiro atoms. The summed E-state index contributed by atoms with van der Waals surface area (Å²) in [4.78, 5) is 37.9. The van der Waals surface area contributed by atoms with Crippen molar-refractivity contribution in [1.29, 1.82) is 0 Å². The van der Waals surface area contributed by atoms with E-state index in [1.807, 2.05) is 48.5 Å². The first-order chi connectivity index (χ1) is 14.5. The Morgan fingerprint density at radius 2 is 1.73 bits per heavy atom. The van der Waals surface area contributed by atoms with Gasteiger partial charge in [-0.25, -0.2) is 4.68 Å². The van der Waals surface area contributed by atoms with Gasteiger partial charge in [-0.1, -0.05) is 30.3 Å². The van der Waals surface area contributed by atoms with Crippen LogP contribution in [0.5, 0.6) is 0 Å². The molecule has 0 atom stereocenters. The van der Waals surface area contributed by atoms with Crippen LogP contribution in [-0.4, -0.2) is 21.1 Å². The average Bonchev–Trinajstić information content (AvgIpc) is 3.31. The molecule has 6 heteroatoms. The number of carbonyl (C=O) groups is 2. The van der Waals surface area contributed by atoms with Crippen LogP contribution in [0.1, 0.15) is 46.4 Å². The number of para-hydroxylation sites is 1. The van der Waals surface area contributed by atoms with Crippen LogP contribution < -0.4 is 10.9 Å². The Bertz CT molecular complexity index is 1170. The number of aromatic nitrogens is 2. The summed E-state index contributed by atoms with van der Waals surface area (Å²) in [5.41, 5.74) is 4.55. The van der Waals surface area contributed by atoms with Gasteiger partial charge in [-0.05, 0) is 55.5 Å². The number of fused-ring (bicyclic) bond motifs is 1. The number of aryl methyl sites for hydroxylation is 2. The third kappa shape index (κ3) is 3.73. The molecule has 1 amide bonds. The van der Waals surface area contributed by atoms with Gasteiger partial charge in [-0.15, -0.1) is 0 Å². The molecule has 6 nitrogen and oxygen atoms in total. The minimum atomic E-state index is -0.337. The van der Waals surface area contributed by atoms with Crippen LogP contribution in [0.15, 0.2) is 53.3 Å². The predicted molar refractivity (Wildman–Crippen MR) is 116 cm³/mol. The fourth-order valence-corrected chi connectivity index (χ4v) is 4.03. The number of benzene rings is 2. The molecule has 0 unspecified atom stereocenters. The van der Waals surface area contributed by atoms with Crippen molar-refractivity contribution in [3.8, 4) is 5.69 Å². The predicted octanol–water partition coefficient (Wildman–Crippen LogP) is 3.57. The van der Waals surface area contributed by atoms with Crippen molar-refractivity contribution >= 4 is 17.4 Å². The molecule has 30 heavy (non-hydrogen) atoms. The van der Waals surface area contributed by atoms with Gasteiger partial charge in [0.1, 0.15) is 5.69 Å². The van der Waals surface area contributed by atoms with E-state index in [9.17, 15) is 14.4 Å². The van der Waals surface area contributed by atoms with Crippen molar-refractivity contribution in [3.05, 3.63) is 81.3 Å². The van der Waals surface area contributed by atoms with E-state index in [1.54, 1.807) is 18.7 Å². The minimum absolute atomic E-state index is 0.0367. The molecular formula is C24H25N3O3. The lowest BCUT2D eigenvalue weighted by atomic mass is 10.0. The Kier molecular flexibility index (Phi) is 5.40. The first kappa shape index (κ1) is 19.9. The van der Waals surface area contributed by atoms with Crippen LogP contribution in [0, 0.1) is 6.92 Å². The summed E-state index contributed by atoms with van der Waals surface area (Å²) in [6.07, 6.45) is 3.37.